The third-order valence-corrected chi connectivity index (χ3v) is 6.47. The van der Waals surface area contributed by atoms with Crippen LogP contribution in [0.5, 0.6) is 0 Å². The number of imidazole rings is 1. The molecule has 0 aliphatic heterocycles. The third kappa shape index (κ3) is 7.23. The molecule has 4 rings (SSSR count). The molecule has 0 aliphatic carbocycles. The molecule has 1 heterocycles. The zero-order valence-electron chi connectivity index (χ0n) is 21.9. The van der Waals surface area contributed by atoms with Crippen molar-refractivity contribution in [3.8, 4) is 0 Å². The second kappa shape index (κ2) is 12.9. The number of aromatic amines is 1. The number of anilines is 2. The van der Waals surface area contributed by atoms with Crippen molar-refractivity contribution in [2.45, 2.75) is 39.2 Å². The van der Waals surface area contributed by atoms with E-state index in [9.17, 15) is 4.79 Å². The van der Waals surface area contributed by atoms with Gasteiger partial charge in [0.05, 0.1) is 30.8 Å². The number of nitrogens with one attached hydrogen (secondary N) is 3. The number of nitrogen functional groups attached to an aromatic ring is 1. The number of halogens is 1. The van der Waals surface area contributed by atoms with Gasteiger partial charge in [-0.05, 0) is 54.7 Å². The number of nitrogens with zero attached hydrogens (tertiary/aromatic N) is 2. The predicted molar refractivity (Wildman–Crippen MR) is 157 cm³/mol. The van der Waals surface area contributed by atoms with Gasteiger partial charge in [-0.3, -0.25) is 10.2 Å². The minimum absolute atomic E-state index is 0. The molecule has 8 heteroatoms. The zero-order valence-corrected chi connectivity index (χ0v) is 22.8. The first-order chi connectivity index (χ1) is 17.8. The van der Waals surface area contributed by atoms with Crippen LogP contribution in [0, 0.1) is 12.3 Å². The minimum Gasteiger partial charge on any atom is -0.384 e. The lowest BCUT2D eigenvalue weighted by molar-refractivity contribution is -0.115. The lowest BCUT2D eigenvalue weighted by Gasteiger charge is -2.33. The van der Waals surface area contributed by atoms with Crippen LogP contribution in [0.3, 0.4) is 0 Å². The number of amides is 1. The lowest BCUT2D eigenvalue weighted by atomic mass is 10.00. The predicted octanol–water partition coefficient (Wildman–Crippen LogP) is 5.98. The number of rotatable bonds is 10. The number of amidine groups is 1. The Hall–Kier alpha value is -4.10. The Balaban J connectivity index is 0.00000400. The normalized spacial score (nSPS) is 11.5. The summed E-state index contributed by atoms with van der Waals surface area (Å²) in [4.78, 5) is 22.9. The van der Waals surface area contributed by atoms with Crippen LogP contribution in [-0.4, -0.2) is 28.3 Å². The van der Waals surface area contributed by atoms with Gasteiger partial charge in [-0.1, -0.05) is 67.9 Å². The molecule has 1 amide bonds. The number of carbonyl (C=O) groups is 1. The zero-order chi connectivity index (χ0) is 26.4. The molecule has 0 bridgehead atoms. The molecule has 0 saturated heterocycles. The van der Waals surface area contributed by atoms with Crippen LogP contribution in [0.15, 0.2) is 85.3 Å². The van der Waals surface area contributed by atoms with Crippen molar-refractivity contribution in [2.24, 2.45) is 5.73 Å². The molecule has 0 fully saturated rings. The van der Waals surface area contributed by atoms with Crippen LogP contribution in [0.4, 0.5) is 11.4 Å². The van der Waals surface area contributed by atoms with Gasteiger partial charge >= 0.3 is 0 Å². The number of aromatic nitrogens is 2. The van der Waals surface area contributed by atoms with Crippen molar-refractivity contribution in [3.63, 3.8) is 0 Å². The summed E-state index contributed by atoms with van der Waals surface area (Å²) in [5, 5.41) is 11.0. The van der Waals surface area contributed by atoms with Gasteiger partial charge in [0.15, 0.2) is 0 Å². The summed E-state index contributed by atoms with van der Waals surface area (Å²) in [6, 6.07) is 23.6. The summed E-state index contributed by atoms with van der Waals surface area (Å²) in [6.07, 6.45) is 4.10. The minimum atomic E-state index is -0.207. The van der Waals surface area contributed by atoms with Crippen molar-refractivity contribution in [3.05, 3.63) is 113 Å². The fraction of sp³-hybridized carbons (Fsp3) is 0.233. The smallest absolute Gasteiger partial charge is 0.243 e. The molecule has 1 atom stereocenters. The molecule has 38 heavy (non-hydrogen) atoms. The van der Waals surface area contributed by atoms with Crippen molar-refractivity contribution in [1.29, 1.82) is 5.41 Å². The third-order valence-electron chi connectivity index (χ3n) is 6.47. The maximum atomic E-state index is 13.4. The Bertz CT molecular complexity index is 1330. The highest BCUT2D eigenvalue weighted by molar-refractivity contribution is 5.97. The van der Waals surface area contributed by atoms with Crippen LogP contribution < -0.4 is 16.0 Å². The number of hydrogen-bond donors (Lipinski definition) is 4. The first-order valence-corrected chi connectivity index (χ1v) is 12.4. The fourth-order valence-electron chi connectivity index (χ4n) is 4.32. The number of carbonyl (C=O) groups excluding carboxylic acids is 1. The van der Waals surface area contributed by atoms with Crippen molar-refractivity contribution in [2.75, 3.05) is 16.8 Å². The first kappa shape index (κ1) is 28.5. The summed E-state index contributed by atoms with van der Waals surface area (Å²) in [6.45, 7) is 6.45. The van der Waals surface area contributed by atoms with E-state index in [1.807, 2.05) is 47.4 Å². The molecular weight excluding hydrogens is 496 g/mol. The van der Waals surface area contributed by atoms with Crippen LogP contribution in [-0.2, 0) is 11.2 Å². The van der Waals surface area contributed by atoms with Gasteiger partial charge in [0.25, 0.3) is 0 Å². The summed E-state index contributed by atoms with van der Waals surface area (Å²) < 4.78 is 0. The molecule has 4 aromatic rings. The first-order valence-electron chi connectivity index (χ1n) is 12.4. The summed E-state index contributed by atoms with van der Waals surface area (Å²) >= 11 is 0. The van der Waals surface area contributed by atoms with Gasteiger partial charge in [-0.15, -0.1) is 12.4 Å². The molecule has 7 nitrogen and oxygen atoms in total. The van der Waals surface area contributed by atoms with Crippen molar-refractivity contribution < 1.29 is 4.79 Å². The van der Waals surface area contributed by atoms with Gasteiger partial charge < -0.3 is 20.9 Å². The van der Waals surface area contributed by atoms with Crippen molar-refractivity contribution >= 4 is 35.5 Å². The Morgan fingerprint density at radius 1 is 1.08 bits per heavy atom. The maximum Gasteiger partial charge on any atom is 0.243 e. The average Bonchev–Trinajstić information content (AvgIpc) is 3.42. The second-order valence-electron chi connectivity index (χ2n) is 9.63. The Morgan fingerprint density at radius 3 is 2.39 bits per heavy atom. The molecule has 3 aromatic carbocycles. The SMILES string of the molecule is Cc1ccc(CC(c2cnc[nH]2)N(CC(=O)Nc2ccc(C(C)C)cc2)c2cccc(C(=N)N)c2)cc1.Cl. The number of hydrogen-bond acceptors (Lipinski definition) is 4. The summed E-state index contributed by atoms with van der Waals surface area (Å²) in [7, 11) is 0. The molecule has 198 valence electrons. The molecule has 0 spiro atoms. The standard InChI is InChI=1S/C30H34N6O.ClH/c1-20(2)23-11-13-25(14-12-23)35-29(37)18-36(26-6-4-5-24(16-26)30(31)32)28(27-17-33-19-34-27)15-22-9-7-21(3)8-10-22;/h4-14,16-17,19-20,28H,15,18H2,1-3H3,(H3,31,32)(H,33,34)(H,35,37);1H. The van der Waals surface area contributed by atoms with E-state index in [4.69, 9.17) is 11.1 Å². The Morgan fingerprint density at radius 2 is 1.79 bits per heavy atom. The number of aryl methyl sites for hydroxylation is 1. The van der Waals surface area contributed by atoms with Crippen LogP contribution in [0.2, 0.25) is 0 Å². The number of H-pyrrole nitrogens is 1. The van der Waals surface area contributed by atoms with E-state index in [1.165, 1.54) is 11.1 Å². The second-order valence-corrected chi connectivity index (χ2v) is 9.63. The van der Waals surface area contributed by atoms with Crippen LogP contribution in [0.25, 0.3) is 0 Å². The number of benzene rings is 3. The highest BCUT2D eigenvalue weighted by atomic mass is 35.5. The van der Waals surface area contributed by atoms with Gasteiger partial charge in [-0.2, -0.15) is 0 Å². The van der Waals surface area contributed by atoms with E-state index < -0.39 is 0 Å². The quantitative estimate of drug-likeness (QED) is 0.149. The Kier molecular flexibility index (Phi) is 9.68. The molecular formula is C30H35ClN6O. The molecule has 0 radical (unpaired) electrons. The highest BCUT2D eigenvalue weighted by Crippen LogP contribution is 2.30. The van der Waals surface area contributed by atoms with E-state index in [0.717, 1.165) is 22.6 Å². The van der Waals surface area contributed by atoms with Crippen LogP contribution >= 0.6 is 12.4 Å². The lowest BCUT2D eigenvalue weighted by Crippen LogP contribution is -2.37. The van der Waals surface area contributed by atoms with Gasteiger partial charge in [0.2, 0.25) is 5.91 Å². The summed E-state index contributed by atoms with van der Waals surface area (Å²) in [5.74, 6) is 0.262. The molecule has 0 aliphatic rings. The van der Waals surface area contributed by atoms with Gasteiger partial charge in [-0.25, -0.2) is 4.98 Å². The molecule has 5 N–H and O–H groups in total. The monoisotopic (exact) mass is 530 g/mol. The summed E-state index contributed by atoms with van der Waals surface area (Å²) in [5.41, 5.74) is 12.4. The largest absolute Gasteiger partial charge is 0.384 e. The topological polar surface area (TPSA) is 111 Å². The van der Waals surface area contributed by atoms with Crippen LogP contribution in [0.1, 0.15) is 53.8 Å². The van der Waals surface area contributed by atoms with E-state index in [-0.39, 0.29) is 36.7 Å². The van der Waals surface area contributed by atoms with E-state index in [0.29, 0.717) is 17.9 Å². The molecule has 1 aromatic heterocycles. The van der Waals surface area contributed by atoms with E-state index in [2.05, 4.69) is 60.3 Å². The van der Waals surface area contributed by atoms with E-state index in [1.54, 1.807) is 18.6 Å². The van der Waals surface area contributed by atoms with E-state index >= 15 is 0 Å². The van der Waals surface area contributed by atoms with Gasteiger partial charge in [0.1, 0.15) is 5.84 Å². The molecule has 1 unspecified atom stereocenters. The van der Waals surface area contributed by atoms with Crippen molar-refractivity contribution in [1.82, 2.24) is 9.97 Å². The highest BCUT2D eigenvalue weighted by Gasteiger charge is 2.25. The molecule has 0 saturated carbocycles. The van der Waals surface area contributed by atoms with Gasteiger partial charge in [0, 0.05) is 16.9 Å². The Labute approximate surface area is 230 Å². The number of nitrogens with two attached hydrogens (primary N) is 1. The average molecular weight is 531 g/mol. The fourth-order valence-corrected chi connectivity index (χ4v) is 4.32. The maximum absolute atomic E-state index is 13.4.